The lowest BCUT2D eigenvalue weighted by Gasteiger charge is -2.23. The van der Waals surface area contributed by atoms with Crippen LogP contribution in [-0.4, -0.2) is 46.9 Å². The van der Waals surface area contributed by atoms with Gasteiger partial charge in [-0.1, -0.05) is 18.2 Å². The number of benzene rings is 1. The molecule has 0 spiro atoms. The molecule has 23 heavy (non-hydrogen) atoms. The summed E-state index contributed by atoms with van der Waals surface area (Å²) < 4.78 is 6.61. The van der Waals surface area contributed by atoms with Crippen molar-refractivity contribution in [1.82, 2.24) is 14.7 Å². The monoisotopic (exact) mass is 315 g/mol. The van der Waals surface area contributed by atoms with Gasteiger partial charge in [-0.15, -0.1) is 0 Å². The Kier molecular flexibility index (Phi) is 4.71. The van der Waals surface area contributed by atoms with E-state index >= 15 is 0 Å². The van der Waals surface area contributed by atoms with Crippen LogP contribution in [0, 0.1) is 5.92 Å². The minimum Gasteiger partial charge on any atom is -0.381 e. The van der Waals surface area contributed by atoms with Crippen LogP contribution in [0.3, 0.4) is 0 Å². The summed E-state index contributed by atoms with van der Waals surface area (Å²) in [6.45, 7) is 4.70. The van der Waals surface area contributed by atoms with E-state index in [9.17, 15) is 9.59 Å². The van der Waals surface area contributed by atoms with Gasteiger partial charge in [-0.25, -0.2) is 4.68 Å². The van der Waals surface area contributed by atoms with E-state index < -0.39 is 0 Å². The van der Waals surface area contributed by atoms with Gasteiger partial charge in [-0.2, -0.15) is 5.10 Å². The number of rotatable bonds is 5. The topological polar surface area (TPSA) is 64.4 Å². The molecule has 6 nitrogen and oxygen atoms in total. The fourth-order valence-corrected chi connectivity index (χ4v) is 2.91. The normalized spacial score (nSPS) is 17.5. The molecule has 1 unspecified atom stereocenters. The average molecular weight is 315 g/mol. The van der Waals surface area contributed by atoms with Gasteiger partial charge in [0.1, 0.15) is 6.54 Å². The smallest absolute Gasteiger partial charge is 0.275 e. The van der Waals surface area contributed by atoms with Crippen molar-refractivity contribution in [3.05, 3.63) is 40.8 Å². The number of likely N-dealkylation sites (N-methyl/N-ethyl adjacent to an activating group) is 1. The van der Waals surface area contributed by atoms with E-state index in [0.29, 0.717) is 31.0 Å². The molecule has 6 heteroatoms. The third-order valence-corrected chi connectivity index (χ3v) is 4.28. The number of aromatic nitrogens is 2. The number of fused-ring (bicyclic) bond motifs is 1. The molecule has 0 N–H and O–H groups in total. The van der Waals surface area contributed by atoms with Gasteiger partial charge in [0.2, 0.25) is 5.91 Å². The second kappa shape index (κ2) is 6.91. The molecule has 1 aromatic carbocycles. The first-order chi connectivity index (χ1) is 11.2. The standard InChI is InChI=1S/C17H21N3O3/c1-2-19(10-13-7-8-23-12-13)16(21)11-20-17(22)15-6-4-3-5-14(15)9-18-20/h3-6,9,13H,2,7-8,10-12H2,1H3. The van der Waals surface area contributed by atoms with Crippen molar-refractivity contribution in [2.45, 2.75) is 19.9 Å². The number of hydrogen-bond donors (Lipinski definition) is 0. The van der Waals surface area contributed by atoms with Crippen LogP contribution < -0.4 is 5.56 Å². The molecule has 0 aliphatic carbocycles. The third-order valence-electron chi connectivity index (χ3n) is 4.28. The van der Waals surface area contributed by atoms with Gasteiger partial charge in [0.05, 0.1) is 18.2 Å². The Labute approximate surface area is 134 Å². The molecule has 122 valence electrons. The van der Waals surface area contributed by atoms with Gasteiger partial charge < -0.3 is 9.64 Å². The number of carbonyl (C=O) groups is 1. The van der Waals surface area contributed by atoms with Gasteiger partial charge in [0, 0.05) is 31.0 Å². The SMILES string of the molecule is CCN(CC1CCOC1)C(=O)Cn1ncc2ccccc2c1=O. The lowest BCUT2D eigenvalue weighted by molar-refractivity contribution is -0.132. The molecule has 1 saturated heterocycles. The molecule has 1 fully saturated rings. The minimum absolute atomic E-state index is 0.0227. The zero-order chi connectivity index (χ0) is 16.2. The Hall–Kier alpha value is -2.21. The molecule has 1 aromatic heterocycles. The molecular formula is C17H21N3O3. The predicted octanol–water partition coefficient (Wildman–Crippen LogP) is 1.28. The van der Waals surface area contributed by atoms with Gasteiger partial charge in [0.25, 0.3) is 5.56 Å². The number of amides is 1. The average Bonchev–Trinajstić information content (AvgIpc) is 3.08. The summed E-state index contributed by atoms with van der Waals surface area (Å²) in [6, 6.07) is 7.28. The lowest BCUT2D eigenvalue weighted by atomic mass is 10.1. The summed E-state index contributed by atoms with van der Waals surface area (Å²) in [7, 11) is 0. The lowest BCUT2D eigenvalue weighted by Crippen LogP contribution is -2.40. The second-order valence-corrected chi connectivity index (χ2v) is 5.86. The van der Waals surface area contributed by atoms with Crippen molar-refractivity contribution in [3.8, 4) is 0 Å². The zero-order valence-corrected chi connectivity index (χ0v) is 13.3. The van der Waals surface area contributed by atoms with Gasteiger partial charge in [0.15, 0.2) is 0 Å². The summed E-state index contributed by atoms with van der Waals surface area (Å²) >= 11 is 0. The largest absolute Gasteiger partial charge is 0.381 e. The fraction of sp³-hybridized carbons (Fsp3) is 0.471. The number of carbonyl (C=O) groups excluding carboxylic acids is 1. The quantitative estimate of drug-likeness (QED) is 0.834. The van der Waals surface area contributed by atoms with E-state index in [1.165, 1.54) is 4.68 Å². The highest BCUT2D eigenvalue weighted by molar-refractivity contribution is 5.81. The van der Waals surface area contributed by atoms with Crippen molar-refractivity contribution >= 4 is 16.7 Å². The van der Waals surface area contributed by atoms with Crippen LogP contribution in [0.2, 0.25) is 0 Å². The number of nitrogens with zero attached hydrogens (tertiary/aromatic N) is 3. The maximum Gasteiger partial charge on any atom is 0.275 e. The van der Waals surface area contributed by atoms with Crippen LogP contribution in [0.15, 0.2) is 35.3 Å². The summed E-state index contributed by atoms with van der Waals surface area (Å²) in [5.41, 5.74) is -0.225. The van der Waals surface area contributed by atoms with Crippen molar-refractivity contribution < 1.29 is 9.53 Å². The van der Waals surface area contributed by atoms with E-state index in [0.717, 1.165) is 18.4 Å². The molecule has 1 aliphatic rings. The molecule has 0 bridgehead atoms. The minimum atomic E-state index is -0.225. The Bertz CT molecular complexity index is 750. The van der Waals surface area contributed by atoms with E-state index in [4.69, 9.17) is 4.74 Å². The van der Waals surface area contributed by atoms with Gasteiger partial charge in [-0.05, 0) is 19.4 Å². The maximum atomic E-state index is 12.5. The van der Waals surface area contributed by atoms with Crippen LogP contribution in [0.4, 0.5) is 0 Å². The first-order valence-electron chi connectivity index (χ1n) is 7.99. The van der Waals surface area contributed by atoms with Gasteiger partial charge >= 0.3 is 0 Å². The molecule has 1 aliphatic heterocycles. The summed E-state index contributed by atoms with van der Waals surface area (Å²) in [5.74, 6) is 0.310. The molecule has 0 radical (unpaired) electrons. The Morgan fingerprint density at radius 2 is 2.26 bits per heavy atom. The first kappa shape index (κ1) is 15.7. The van der Waals surface area contributed by atoms with Crippen LogP contribution in [-0.2, 0) is 16.1 Å². The van der Waals surface area contributed by atoms with Crippen molar-refractivity contribution in [3.63, 3.8) is 0 Å². The molecule has 2 heterocycles. The molecule has 1 atom stereocenters. The van der Waals surface area contributed by atoms with Crippen molar-refractivity contribution in [2.75, 3.05) is 26.3 Å². The van der Waals surface area contributed by atoms with E-state index in [-0.39, 0.29) is 18.0 Å². The fourth-order valence-electron chi connectivity index (χ4n) is 2.91. The molecule has 2 aromatic rings. The molecule has 0 saturated carbocycles. The third kappa shape index (κ3) is 3.42. The van der Waals surface area contributed by atoms with Crippen molar-refractivity contribution in [1.29, 1.82) is 0 Å². The Morgan fingerprint density at radius 3 is 3.00 bits per heavy atom. The number of ether oxygens (including phenoxy) is 1. The Morgan fingerprint density at radius 1 is 1.43 bits per heavy atom. The van der Waals surface area contributed by atoms with Crippen LogP contribution in [0.25, 0.3) is 10.8 Å². The maximum absolute atomic E-state index is 12.5. The van der Waals surface area contributed by atoms with Gasteiger partial charge in [-0.3, -0.25) is 9.59 Å². The predicted molar refractivity (Wildman–Crippen MR) is 87.2 cm³/mol. The second-order valence-electron chi connectivity index (χ2n) is 5.86. The molecule has 3 rings (SSSR count). The summed E-state index contributed by atoms with van der Waals surface area (Å²) in [5, 5.41) is 5.50. The highest BCUT2D eigenvalue weighted by Crippen LogP contribution is 2.14. The van der Waals surface area contributed by atoms with Crippen LogP contribution >= 0.6 is 0 Å². The highest BCUT2D eigenvalue weighted by Gasteiger charge is 2.22. The van der Waals surface area contributed by atoms with Crippen LogP contribution in [0.1, 0.15) is 13.3 Å². The highest BCUT2D eigenvalue weighted by atomic mass is 16.5. The van der Waals surface area contributed by atoms with Crippen molar-refractivity contribution in [2.24, 2.45) is 5.92 Å². The Balaban J connectivity index is 1.76. The van der Waals surface area contributed by atoms with E-state index in [2.05, 4.69) is 5.10 Å². The molecule has 1 amide bonds. The summed E-state index contributed by atoms with van der Waals surface area (Å²) in [4.78, 5) is 26.7. The van der Waals surface area contributed by atoms with E-state index in [1.54, 1.807) is 17.2 Å². The summed E-state index contributed by atoms with van der Waals surface area (Å²) in [6.07, 6.45) is 2.61. The van der Waals surface area contributed by atoms with E-state index in [1.807, 2.05) is 25.1 Å². The van der Waals surface area contributed by atoms with Crippen LogP contribution in [0.5, 0.6) is 0 Å². The molecular weight excluding hydrogens is 294 g/mol. The zero-order valence-electron chi connectivity index (χ0n) is 13.3. The number of hydrogen-bond acceptors (Lipinski definition) is 4. The first-order valence-corrected chi connectivity index (χ1v) is 7.99.